The number of allylic oxidation sites excluding steroid dienone is 1. The van der Waals surface area contributed by atoms with Gasteiger partial charge in [-0.1, -0.05) is 38.7 Å². The van der Waals surface area contributed by atoms with Crippen LogP contribution in [0.25, 0.3) is 0 Å². The highest BCUT2D eigenvalue weighted by Crippen LogP contribution is 2.19. The van der Waals surface area contributed by atoms with Gasteiger partial charge >= 0.3 is 0 Å². The molecule has 4 heteroatoms. The van der Waals surface area contributed by atoms with Crippen LogP contribution >= 0.6 is 11.8 Å². The van der Waals surface area contributed by atoms with E-state index in [1.165, 1.54) is 74.8 Å². The molecular formula is C19H37N2OS+. The molecule has 1 N–H and O–H groups in total. The van der Waals surface area contributed by atoms with Crippen LogP contribution in [-0.2, 0) is 4.79 Å². The number of carbonyl (C=O) groups is 1. The number of quaternary nitrogens is 1. The number of thioether (sulfide) groups is 1. The number of hydrogen-bond acceptors (Lipinski definition) is 2. The molecule has 0 unspecified atom stereocenters. The number of hydrogen-bond donors (Lipinski definition) is 1. The van der Waals surface area contributed by atoms with E-state index in [2.05, 4.69) is 19.3 Å². The molecular weight excluding hydrogens is 304 g/mol. The molecule has 1 fully saturated rings. The maximum Gasteiger partial charge on any atom is 0.243 e. The number of nitrogens with one attached hydrogen (secondary N) is 1. The zero-order chi connectivity index (χ0) is 16.8. The smallest absolute Gasteiger partial charge is 0.243 e. The highest BCUT2D eigenvalue weighted by atomic mass is 32.2. The van der Waals surface area contributed by atoms with Crippen molar-refractivity contribution in [2.24, 2.45) is 0 Å². The highest BCUT2D eigenvalue weighted by molar-refractivity contribution is 7.99. The van der Waals surface area contributed by atoms with Crippen molar-refractivity contribution in [3.8, 4) is 0 Å². The van der Waals surface area contributed by atoms with E-state index >= 15 is 0 Å². The van der Waals surface area contributed by atoms with Crippen LogP contribution in [0.2, 0.25) is 0 Å². The van der Waals surface area contributed by atoms with E-state index in [9.17, 15) is 4.79 Å². The molecule has 0 aliphatic carbocycles. The Morgan fingerprint density at radius 3 is 2.61 bits per heavy atom. The molecule has 0 spiro atoms. The summed E-state index contributed by atoms with van der Waals surface area (Å²) in [6, 6.07) is 0. The van der Waals surface area contributed by atoms with Crippen LogP contribution in [0.3, 0.4) is 0 Å². The lowest BCUT2D eigenvalue weighted by molar-refractivity contribution is -0.901. The number of amides is 1. The normalized spacial score (nSPS) is 17.5. The third kappa shape index (κ3) is 10.8. The SMILES string of the molecule is CCCCCCCC=CC(=O)NCCSC[N+]1(C)CCCCC1. The van der Waals surface area contributed by atoms with Crippen molar-refractivity contribution in [2.75, 3.05) is 38.3 Å². The first kappa shape index (κ1) is 20.6. The minimum absolute atomic E-state index is 0.0672. The van der Waals surface area contributed by atoms with Crippen molar-refractivity contribution in [2.45, 2.75) is 64.7 Å². The van der Waals surface area contributed by atoms with Crippen molar-refractivity contribution < 1.29 is 9.28 Å². The Bertz CT molecular complexity index is 338. The Balaban J connectivity index is 1.95. The van der Waals surface area contributed by atoms with Gasteiger partial charge in [0.15, 0.2) is 0 Å². The molecule has 1 amide bonds. The molecule has 23 heavy (non-hydrogen) atoms. The van der Waals surface area contributed by atoms with Crippen molar-refractivity contribution in [3.63, 3.8) is 0 Å². The van der Waals surface area contributed by atoms with Crippen LogP contribution < -0.4 is 5.32 Å². The summed E-state index contributed by atoms with van der Waals surface area (Å²) in [4.78, 5) is 11.7. The first-order valence-electron chi connectivity index (χ1n) is 9.52. The van der Waals surface area contributed by atoms with Crippen LogP contribution in [0.5, 0.6) is 0 Å². The van der Waals surface area contributed by atoms with E-state index in [-0.39, 0.29) is 5.91 Å². The van der Waals surface area contributed by atoms with E-state index in [0.29, 0.717) is 0 Å². The Hall–Kier alpha value is -0.480. The average Bonchev–Trinajstić information content (AvgIpc) is 2.54. The average molecular weight is 342 g/mol. The van der Waals surface area contributed by atoms with Gasteiger partial charge in [0.1, 0.15) is 5.88 Å². The second kappa shape index (κ2) is 12.9. The summed E-state index contributed by atoms with van der Waals surface area (Å²) < 4.78 is 1.20. The summed E-state index contributed by atoms with van der Waals surface area (Å²) >= 11 is 1.97. The second-order valence-corrected chi connectivity index (χ2v) is 8.14. The molecule has 1 saturated heterocycles. The third-order valence-electron chi connectivity index (χ3n) is 4.59. The molecule has 0 saturated carbocycles. The summed E-state index contributed by atoms with van der Waals surface area (Å²) in [6.07, 6.45) is 15.3. The minimum Gasteiger partial charge on any atom is -0.352 e. The zero-order valence-corrected chi connectivity index (χ0v) is 16.1. The summed E-state index contributed by atoms with van der Waals surface area (Å²) in [5.74, 6) is 2.27. The van der Waals surface area contributed by atoms with Crippen LogP contribution in [-0.4, -0.2) is 48.7 Å². The molecule has 0 bridgehead atoms. The molecule has 0 atom stereocenters. The number of piperidine rings is 1. The largest absolute Gasteiger partial charge is 0.352 e. The van der Waals surface area contributed by atoms with Crippen molar-refractivity contribution in [1.29, 1.82) is 0 Å². The lowest BCUT2D eigenvalue weighted by atomic mass is 10.1. The van der Waals surface area contributed by atoms with Crippen LogP contribution in [0.4, 0.5) is 0 Å². The van der Waals surface area contributed by atoms with Gasteiger partial charge in [-0.25, -0.2) is 0 Å². The van der Waals surface area contributed by atoms with Gasteiger partial charge < -0.3 is 9.80 Å². The summed E-state index contributed by atoms with van der Waals surface area (Å²) in [6.45, 7) is 5.65. The fraction of sp³-hybridized carbons (Fsp3) is 0.842. The molecule has 1 aliphatic rings. The van der Waals surface area contributed by atoms with E-state index in [1.807, 2.05) is 17.8 Å². The molecule has 1 aliphatic heterocycles. The van der Waals surface area contributed by atoms with Crippen LogP contribution in [0.1, 0.15) is 64.7 Å². The number of rotatable bonds is 12. The molecule has 3 nitrogen and oxygen atoms in total. The monoisotopic (exact) mass is 341 g/mol. The Morgan fingerprint density at radius 2 is 1.87 bits per heavy atom. The Labute approximate surface area is 147 Å². The highest BCUT2D eigenvalue weighted by Gasteiger charge is 2.23. The summed E-state index contributed by atoms with van der Waals surface area (Å²) in [5, 5.41) is 2.99. The van der Waals surface area contributed by atoms with E-state index in [4.69, 9.17) is 0 Å². The van der Waals surface area contributed by atoms with Crippen molar-refractivity contribution in [1.82, 2.24) is 5.32 Å². The van der Waals surface area contributed by atoms with Crippen molar-refractivity contribution in [3.05, 3.63) is 12.2 Å². The fourth-order valence-electron chi connectivity index (χ4n) is 3.05. The predicted octanol–water partition coefficient (Wildman–Crippen LogP) is 4.34. The zero-order valence-electron chi connectivity index (χ0n) is 15.3. The maximum absolute atomic E-state index is 11.7. The van der Waals surface area contributed by atoms with Gasteiger partial charge in [0, 0.05) is 12.3 Å². The Kier molecular flexibility index (Phi) is 11.5. The lowest BCUT2D eigenvalue weighted by Crippen LogP contribution is -2.47. The van der Waals surface area contributed by atoms with Gasteiger partial charge in [0.25, 0.3) is 0 Å². The molecule has 0 aromatic heterocycles. The summed E-state index contributed by atoms with van der Waals surface area (Å²) in [7, 11) is 2.37. The van der Waals surface area contributed by atoms with Gasteiger partial charge in [-0.3, -0.25) is 4.79 Å². The van der Waals surface area contributed by atoms with Crippen molar-refractivity contribution >= 4 is 17.7 Å². The van der Waals surface area contributed by atoms with Gasteiger partial charge in [0.05, 0.1) is 20.1 Å². The van der Waals surface area contributed by atoms with Crippen LogP contribution in [0.15, 0.2) is 12.2 Å². The topological polar surface area (TPSA) is 29.1 Å². The van der Waals surface area contributed by atoms with Gasteiger partial charge in [-0.2, -0.15) is 0 Å². The Morgan fingerprint density at radius 1 is 1.13 bits per heavy atom. The van der Waals surface area contributed by atoms with Gasteiger partial charge in [0.2, 0.25) is 5.91 Å². The lowest BCUT2D eigenvalue weighted by Gasteiger charge is -2.37. The van der Waals surface area contributed by atoms with Crippen LogP contribution in [0, 0.1) is 0 Å². The van der Waals surface area contributed by atoms with Gasteiger partial charge in [-0.05, 0) is 38.2 Å². The summed E-state index contributed by atoms with van der Waals surface area (Å²) in [5.41, 5.74) is 0. The standard InChI is InChI=1S/C19H36N2OS/c1-3-4-5-6-7-8-10-13-19(22)20-14-17-23-18-21(2)15-11-9-12-16-21/h10,13H,3-9,11-12,14-18H2,1-2H3/p+1. The van der Waals surface area contributed by atoms with E-state index in [0.717, 1.165) is 18.7 Å². The van der Waals surface area contributed by atoms with E-state index < -0.39 is 0 Å². The number of carbonyl (C=O) groups excluding carboxylic acids is 1. The van der Waals surface area contributed by atoms with E-state index in [1.54, 1.807) is 6.08 Å². The molecule has 1 heterocycles. The first-order valence-corrected chi connectivity index (χ1v) is 10.7. The molecule has 0 radical (unpaired) electrons. The quantitative estimate of drug-likeness (QED) is 0.325. The maximum atomic E-state index is 11.7. The van der Waals surface area contributed by atoms with Gasteiger partial charge in [-0.15, -0.1) is 11.8 Å². The second-order valence-electron chi connectivity index (χ2n) is 7.06. The minimum atomic E-state index is 0.0672. The number of unbranched alkanes of at least 4 members (excludes halogenated alkanes) is 5. The predicted molar refractivity (Wildman–Crippen MR) is 103 cm³/mol. The number of nitrogens with zero attached hydrogens (tertiary/aromatic N) is 1. The number of likely N-dealkylation sites (tertiary alicyclic amines) is 1. The molecule has 1 rings (SSSR count). The molecule has 134 valence electrons. The molecule has 0 aromatic carbocycles. The third-order valence-corrected chi connectivity index (χ3v) is 5.89. The first-order chi connectivity index (χ1) is 11.2. The fourth-order valence-corrected chi connectivity index (χ4v) is 4.13. The molecule has 0 aromatic rings.